The molecule has 1 amide bonds. The van der Waals surface area contributed by atoms with Crippen molar-refractivity contribution in [3.05, 3.63) is 47.8 Å². The summed E-state index contributed by atoms with van der Waals surface area (Å²) in [5.74, 6) is -0.0279. The molecular formula is C17H22N4O2. The second-order valence-corrected chi connectivity index (χ2v) is 5.87. The van der Waals surface area contributed by atoms with Gasteiger partial charge in [-0.3, -0.25) is 9.78 Å². The average molecular weight is 314 g/mol. The molecule has 122 valence electrons. The molecule has 1 aliphatic heterocycles. The minimum Gasteiger partial charge on any atom is -0.372 e. The van der Waals surface area contributed by atoms with Crippen LogP contribution in [0.1, 0.15) is 47.5 Å². The zero-order valence-corrected chi connectivity index (χ0v) is 13.5. The van der Waals surface area contributed by atoms with Crippen LogP contribution in [0.15, 0.2) is 31.0 Å². The number of hydrogen-bond acceptors (Lipinski definition) is 4. The van der Waals surface area contributed by atoms with Crippen molar-refractivity contribution in [3.8, 4) is 0 Å². The third-order valence-electron chi connectivity index (χ3n) is 4.33. The Balaban J connectivity index is 1.68. The van der Waals surface area contributed by atoms with Crippen molar-refractivity contribution in [2.45, 2.75) is 38.3 Å². The van der Waals surface area contributed by atoms with Crippen LogP contribution in [-0.4, -0.2) is 33.1 Å². The van der Waals surface area contributed by atoms with Crippen molar-refractivity contribution in [2.24, 2.45) is 7.05 Å². The van der Waals surface area contributed by atoms with E-state index in [0.717, 1.165) is 30.5 Å². The Labute approximate surface area is 135 Å². The molecule has 6 heteroatoms. The molecule has 0 saturated carbocycles. The summed E-state index contributed by atoms with van der Waals surface area (Å²) >= 11 is 0. The Kier molecular flexibility index (Phi) is 4.71. The highest BCUT2D eigenvalue weighted by molar-refractivity contribution is 5.95. The fraction of sp³-hybridized carbons (Fsp3) is 0.471. The summed E-state index contributed by atoms with van der Waals surface area (Å²) in [5, 5.41) is 3.14. The van der Waals surface area contributed by atoms with Gasteiger partial charge in [0.25, 0.3) is 5.91 Å². The second-order valence-electron chi connectivity index (χ2n) is 5.87. The lowest BCUT2D eigenvalue weighted by atomic mass is 10.00. The maximum absolute atomic E-state index is 12.6. The van der Waals surface area contributed by atoms with E-state index in [2.05, 4.69) is 15.3 Å². The Hall–Kier alpha value is -2.21. The molecule has 1 saturated heterocycles. The minimum atomic E-state index is -0.0279. The van der Waals surface area contributed by atoms with Gasteiger partial charge in [-0.15, -0.1) is 0 Å². The average Bonchev–Trinajstić information content (AvgIpc) is 3.01. The molecule has 0 aromatic carbocycles. The first-order chi connectivity index (χ1) is 11.2. The quantitative estimate of drug-likeness (QED) is 0.937. The SMILES string of the molecule is CCc1cnccc1C(=O)N[C@@H]1CCO[C@H](c2cncn2C)C1. The molecule has 6 nitrogen and oxygen atoms in total. The fourth-order valence-corrected chi connectivity index (χ4v) is 3.01. The van der Waals surface area contributed by atoms with E-state index in [0.29, 0.717) is 12.2 Å². The van der Waals surface area contributed by atoms with Gasteiger partial charge < -0.3 is 14.6 Å². The van der Waals surface area contributed by atoms with Crippen molar-refractivity contribution in [2.75, 3.05) is 6.61 Å². The van der Waals surface area contributed by atoms with Crippen molar-refractivity contribution in [3.63, 3.8) is 0 Å². The number of nitrogens with zero attached hydrogens (tertiary/aromatic N) is 3. The van der Waals surface area contributed by atoms with Crippen LogP contribution in [0.5, 0.6) is 0 Å². The van der Waals surface area contributed by atoms with Gasteiger partial charge in [0.15, 0.2) is 0 Å². The number of carbonyl (C=O) groups excluding carboxylic acids is 1. The van der Waals surface area contributed by atoms with E-state index in [4.69, 9.17) is 4.74 Å². The molecule has 0 spiro atoms. The summed E-state index contributed by atoms with van der Waals surface area (Å²) in [6.07, 6.45) is 9.38. The van der Waals surface area contributed by atoms with Gasteiger partial charge >= 0.3 is 0 Å². The number of amides is 1. The molecule has 2 aromatic rings. The first-order valence-electron chi connectivity index (χ1n) is 8.00. The summed E-state index contributed by atoms with van der Waals surface area (Å²) in [6, 6.07) is 1.89. The van der Waals surface area contributed by atoms with Crippen LogP contribution >= 0.6 is 0 Å². The van der Waals surface area contributed by atoms with Crippen molar-refractivity contribution in [1.82, 2.24) is 19.9 Å². The van der Waals surface area contributed by atoms with Gasteiger partial charge in [-0.25, -0.2) is 4.98 Å². The van der Waals surface area contributed by atoms with Gasteiger partial charge in [-0.05, 0) is 30.9 Å². The van der Waals surface area contributed by atoms with Crippen LogP contribution in [0.3, 0.4) is 0 Å². The Morgan fingerprint density at radius 1 is 1.43 bits per heavy atom. The normalized spacial score (nSPS) is 21.1. The number of aryl methyl sites for hydroxylation is 2. The van der Waals surface area contributed by atoms with Gasteiger partial charge in [0.1, 0.15) is 6.10 Å². The lowest BCUT2D eigenvalue weighted by Gasteiger charge is -2.30. The van der Waals surface area contributed by atoms with E-state index in [1.165, 1.54) is 0 Å². The topological polar surface area (TPSA) is 69.0 Å². The lowest BCUT2D eigenvalue weighted by Crippen LogP contribution is -2.40. The molecule has 0 unspecified atom stereocenters. The van der Waals surface area contributed by atoms with E-state index >= 15 is 0 Å². The highest BCUT2D eigenvalue weighted by Crippen LogP contribution is 2.27. The fourth-order valence-electron chi connectivity index (χ4n) is 3.01. The van der Waals surface area contributed by atoms with Crippen LogP contribution in [0.2, 0.25) is 0 Å². The maximum atomic E-state index is 12.6. The van der Waals surface area contributed by atoms with Crippen LogP contribution in [-0.2, 0) is 18.2 Å². The second kappa shape index (κ2) is 6.91. The summed E-state index contributed by atoms with van der Waals surface area (Å²) < 4.78 is 7.81. The number of imidazole rings is 1. The summed E-state index contributed by atoms with van der Waals surface area (Å²) in [7, 11) is 1.96. The van der Waals surface area contributed by atoms with Crippen LogP contribution in [0.25, 0.3) is 0 Å². The van der Waals surface area contributed by atoms with Crippen LogP contribution in [0, 0.1) is 0 Å². The van der Waals surface area contributed by atoms with Crippen LogP contribution < -0.4 is 5.32 Å². The Morgan fingerprint density at radius 3 is 3.04 bits per heavy atom. The largest absolute Gasteiger partial charge is 0.372 e. The molecule has 3 rings (SSSR count). The number of rotatable bonds is 4. The van der Waals surface area contributed by atoms with Gasteiger partial charge in [0.05, 0.1) is 18.2 Å². The van der Waals surface area contributed by atoms with Crippen molar-refractivity contribution >= 4 is 5.91 Å². The lowest BCUT2D eigenvalue weighted by molar-refractivity contribution is -0.00302. The monoisotopic (exact) mass is 314 g/mol. The predicted octanol–water partition coefficient (Wildman–Crippen LogP) is 2.03. The molecular weight excluding hydrogens is 292 g/mol. The molecule has 3 heterocycles. The third-order valence-corrected chi connectivity index (χ3v) is 4.33. The molecule has 1 N–H and O–H groups in total. The summed E-state index contributed by atoms with van der Waals surface area (Å²) in [5.41, 5.74) is 2.73. The molecule has 1 fully saturated rings. The highest BCUT2D eigenvalue weighted by atomic mass is 16.5. The van der Waals surface area contributed by atoms with E-state index < -0.39 is 0 Å². The molecule has 2 atom stereocenters. The molecule has 0 radical (unpaired) electrons. The van der Waals surface area contributed by atoms with Crippen LogP contribution in [0.4, 0.5) is 0 Å². The van der Waals surface area contributed by atoms with E-state index in [1.807, 2.05) is 24.7 Å². The van der Waals surface area contributed by atoms with E-state index in [9.17, 15) is 4.79 Å². The van der Waals surface area contributed by atoms with Crippen molar-refractivity contribution in [1.29, 1.82) is 0 Å². The number of nitrogens with one attached hydrogen (secondary N) is 1. The summed E-state index contributed by atoms with van der Waals surface area (Å²) in [6.45, 7) is 2.67. The first kappa shape index (κ1) is 15.7. The molecule has 1 aliphatic rings. The molecule has 2 aromatic heterocycles. The molecule has 0 bridgehead atoms. The van der Waals surface area contributed by atoms with Gasteiger partial charge in [-0.2, -0.15) is 0 Å². The van der Waals surface area contributed by atoms with Gasteiger partial charge in [-0.1, -0.05) is 6.92 Å². The standard InChI is InChI=1S/C17H22N4O2/c1-3-12-9-18-6-4-14(12)17(22)20-13-5-7-23-16(8-13)15-10-19-11-21(15)2/h4,6,9-11,13,16H,3,5,7-8H2,1-2H3,(H,20,22)/t13-,16+/m1/s1. The molecule has 0 aliphatic carbocycles. The number of pyridine rings is 1. The first-order valence-corrected chi connectivity index (χ1v) is 8.00. The minimum absolute atomic E-state index is 0.0235. The maximum Gasteiger partial charge on any atom is 0.251 e. The number of ether oxygens (including phenoxy) is 1. The smallest absolute Gasteiger partial charge is 0.251 e. The molecule has 23 heavy (non-hydrogen) atoms. The highest BCUT2D eigenvalue weighted by Gasteiger charge is 2.27. The Bertz CT molecular complexity index is 683. The van der Waals surface area contributed by atoms with Gasteiger partial charge in [0.2, 0.25) is 0 Å². The number of carbonyl (C=O) groups is 1. The zero-order chi connectivity index (χ0) is 16.2. The van der Waals surface area contributed by atoms with Gasteiger partial charge in [0, 0.05) is 37.7 Å². The predicted molar refractivity (Wildman–Crippen MR) is 86.0 cm³/mol. The van der Waals surface area contributed by atoms with E-state index in [1.54, 1.807) is 24.8 Å². The number of aromatic nitrogens is 3. The Morgan fingerprint density at radius 2 is 2.30 bits per heavy atom. The van der Waals surface area contributed by atoms with E-state index in [-0.39, 0.29) is 18.1 Å². The zero-order valence-electron chi connectivity index (χ0n) is 13.5. The third kappa shape index (κ3) is 3.42. The van der Waals surface area contributed by atoms with Crippen molar-refractivity contribution < 1.29 is 9.53 Å². The number of hydrogen-bond donors (Lipinski definition) is 1. The summed E-state index contributed by atoms with van der Waals surface area (Å²) in [4.78, 5) is 20.8.